The molecule has 1 aromatic carbocycles. The van der Waals surface area contributed by atoms with Gasteiger partial charge in [0.25, 0.3) is 0 Å². The minimum absolute atomic E-state index is 0.0693. The minimum atomic E-state index is -0.961. The van der Waals surface area contributed by atoms with Crippen molar-refractivity contribution in [2.45, 2.75) is 58.6 Å². The predicted octanol–water partition coefficient (Wildman–Crippen LogP) is 3.02. The van der Waals surface area contributed by atoms with Gasteiger partial charge in [0.05, 0.1) is 6.61 Å². The monoisotopic (exact) mass is 447 g/mol. The maximum Gasteiger partial charge on any atom is 0.408 e. The quantitative estimate of drug-likeness (QED) is 0.427. The van der Waals surface area contributed by atoms with Crippen molar-refractivity contribution >= 4 is 24.0 Å². The molecule has 0 radical (unpaired) electrons. The van der Waals surface area contributed by atoms with Crippen LogP contribution in [0, 0.1) is 0 Å². The van der Waals surface area contributed by atoms with E-state index in [-0.39, 0.29) is 25.6 Å². The number of hydrogen-bond donors (Lipinski definition) is 3. The summed E-state index contributed by atoms with van der Waals surface area (Å²) in [5.74, 6) is -0.857. The van der Waals surface area contributed by atoms with Crippen LogP contribution in [0.4, 0.5) is 4.79 Å². The maximum atomic E-state index is 13.1. The third-order valence-corrected chi connectivity index (χ3v) is 4.55. The lowest BCUT2D eigenvalue weighted by atomic mass is 10.0. The molecular formula is C24H37N3O5. The highest BCUT2D eigenvalue weighted by Crippen LogP contribution is 2.23. The Labute approximate surface area is 191 Å². The Morgan fingerprint density at radius 1 is 1.22 bits per heavy atom. The van der Waals surface area contributed by atoms with Gasteiger partial charge in [0.2, 0.25) is 11.8 Å². The highest BCUT2D eigenvalue weighted by Gasteiger charge is 2.31. The van der Waals surface area contributed by atoms with E-state index in [9.17, 15) is 19.5 Å². The Kier molecular flexibility index (Phi) is 11.5. The molecule has 8 nitrogen and oxygen atoms in total. The summed E-state index contributed by atoms with van der Waals surface area (Å²) < 4.78 is 5.17. The van der Waals surface area contributed by atoms with Crippen LogP contribution in [0.15, 0.2) is 30.8 Å². The van der Waals surface area contributed by atoms with Gasteiger partial charge in [-0.25, -0.2) is 4.79 Å². The first-order chi connectivity index (χ1) is 15.1. The van der Waals surface area contributed by atoms with E-state index in [0.29, 0.717) is 12.1 Å². The Bertz CT molecular complexity index is 773. The second-order valence-corrected chi connectivity index (χ2v) is 8.44. The molecule has 3 N–H and O–H groups in total. The smallest absolute Gasteiger partial charge is 0.408 e. The van der Waals surface area contributed by atoms with Gasteiger partial charge in [-0.2, -0.15) is 0 Å². The number of alkyl carbamates (subject to hydrolysis) is 1. The summed E-state index contributed by atoms with van der Waals surface area (Å²) >= 11 is 0. The number of amides is 3. The number of aliphatic hydroxyl groups excluding tert-OH is 1. The van der Waals surface area contributed by atoms with Crippen LogP contribution in [-0.4, -0.2) is 59.8 Å². The number of rotatable bonds is 12. The Morgan fingerprint density at radius 2 is 1.94 bits per heavy atom. The number of carbonyl (C=O) groups excluding carboxylic acids is 3. The molecule has 0 saturated carbocycles. The lowest BCUT2D eigenvalue weighted by molar-refractivity contribution is -0.140. The van der Waals surface area contributed by atoms with E-state index in [1.54, 1.807) is 45.0 Å². The lowest BCUT2D eigenvalue weighted by Gasteiger charge is -2.31. The second-order valence-electron chi connectivity index (χ2n) is 8.44. The van der Waals surface area contributed by atoms with Crippen LogP contribution >= 0.6 is 0 Å². The summed E-state index contributed by atoms with van der Waals surface area (Å²) in [6, 6.07) is 6.19. The highest BCUT2D eigenvalue weighted by molar-refractivity contribution is 5.90. The summed E-state index contributed by atoms with van der Waals surface area (Å²) in [7, 11) is 0. The lowest BCUT2D eigenvalue weighted by Crippen LogP contribution is -2.48. The van der Waals surface area contributed by atoms with E-state index in [4.69, 9.17) is 4.74 Å². The standard InChI is InChI=1S/C24H37N3O5/c1-6-8-9-13-25-22(30)21(19-12-10-11-18(7-2)16-19)27(14-15-28)20(29)17-26-23(31)32-24(3,4)5/h7,10-12,16,21,28H,2,6,8-9,13-15,17H2,1,3-5H3,(H,25,30)(H,26,31). The zero-order valence-electron chi connectivity index (χ0n) is 19.6. The molecule has 0 spiro atoms. The molecule has 178 valence electrons. The molecule has 1 rings (SSSR count). The Balaban J connectivity index is 3.11. The van der Waals surface area contributed by atoms with Crippen LogP contribution < -0.4 is 10.6 Å². The van der Waals surface area contributed by atoms with Crippen molar-refractivity contribution in [3.63, 3.8) is 0 Å². The minimum Gasteiger partial charge on any atom is -0.444 e. The molecule has 0 saturated heterocycles. The normalized spacial score (nSPS) is 11.9. The fourth-order valence-corrected chi connectivity index (χ4v) is 3.08. The van der Waals surface area contributed by atoms with Crippen LogP contribution in [0.2, 0.25) is 0 Å². The molecule has 1 unspecified atom stereocenters. The number of aliphatic hydroxyl groups is 1. The van der Waals surface area contributed by atoms with E-state index in [1.807, 2.05) is 6.07 Å². The fourth-order valence-electron chi connectivity index (χ4n) is 3.08. The molecule has 0 heterocycles. The second kappa shape index (κ2) is 13.5. The van der Waals surface area contributed by atoms with Gasteiger partial charge >= 0.3 is 6.09 Å². The number of benzene rings is 1. The third-order valence-electron chi connectivity index (χ3n) is 4.55. The molecule has 0 aliphatic carbocycles. The van der Waals surface area contributed by atoms with Gasteiger partial charge in [0.1, 0.15) is 18.2 Å². The molecule has 3 amide bonds. The molecule has 0 aliphatic rings. The topological polar surface area (TPSA) is 108 Å². The van der Waals surface area contributed by atoms with E-state index < -0.39 is 23.6 Å². The van der Waals surface area contributed by atoms with Crippen molar-refractivity contribution in [3.05, 3.63) is 42.0 Å². The van der Waals surface area contributed by atoms with Gasteiger partial charge in [0.15, 0.2) is 0 Å². The van der Waals surface area contributed by atoms with Gasteiger partial charge in [-0.15, -0.1) is 0 Å². The van der Waals surface area contributed by atoms with Crippen LogP contribution in [0.5, 0.6) is 0 Å². The van der Waals surface area contributed by atoms with Crippen LogP contribution in [0.3, 0.4) is 0 Å². The van der Waals surface area contributed by atoms with Crippen molar-refractivity contribution in [2.24, 2.45) is 0 Å². The zero-order valence-corrected chi connectivity index (χ0v) is 19.6. The van der Waals surface area contributed by atoms with Crippen molar-refractivity contribution in [2.75, 3.05) is 26.2 Å². The largest absolute Gasteiger partial charge is 0.444 e. The molecule has 0 bridgehead atoms. The first kappa shape index (κ1) is 27.2. The molecule has 0 aromatic heterocycles. The first-order valence-corrected chi connectivity index (χ1v) is 11.0. The number of carbonyl (C=O) groups is 3. The highest BCUT2D eigenvalue weighted by atomic mass is 16.6. The molecule has 0 fully saturated rings. The van der Waals surface area contributed by atoms with E-state index in [1.165, 1.54) is 4.90 Å². The number of hydrogen-bond acceptors (Lipinski definition) is 5. The van der Waals surface area contributed by atoms with Gasteiger partial charge in [-0.05, 0) is 44.4 Å². The Morgan fingerprint density at radius 3 is 2.53 bits per heavy atom. The molecule has 0 aliphatic heterocycles. The van der Waals surface area contributed by atoms with Crippen LogP contribution in [-0.2, 0) is 14.3 Å². The van der Waals surface area contributed by atoms with Crippen molar-refractivity contribution in [3.8, 4) is 0 Å². The molecule has 1 atom stereocenters. The van der Waals surface area contributed by atoms with Gasteiger partial charge in [0, 0.05) is 13.1 Å². The van der Waals surface area contributed by atoms with E-state index in [2.05, 4.69) is 24.1 Å². The van der Waals surface area contributed by atoms with Crippen molar-refractivity contribution in [1.29, 1.82) is 0 Å². The maximum absolute atomic E-state index is 13.1. The van der Waals surface area contributed by atoms with E-state index in [0.717, 1.165) is 24.8 Å². The zero-order chi connectivity index (χ0) is 24.1. The summed E-state index contributed by atoms with van der Waals surface area (Å²) in [5.41, 5.74) is 0.688. The SMILES string of the molecule is C=Cc1cccc(C(C(=O)NCCCCC)N(CCO)C(=O)CNC(=O)OC(C)(C)C)c1. The number of ether oxygens (including phenoxy) is 1. The average molecular weight is 448 g/mol. The number of unbranched alkanes of at least 4 members (excludes halogenated alkanes) is 2. The molecular weight excluding hydrogens is 410 g/mol. The van der Waals surface area contributed by atoms with Crippen LogP contribution in [0.1, 0.15) is 64.1 Å². The summed E-state index contributed by atoms with van der Waals surface area (Å²) in [6.45, 7) is 10.7. The summed E-state index contributed by atoms with van der Waals surface area (Å²) in [4.78, 5) is 39.4. The molecule has 1 aromatic rings. The number of nitrogens with zero attached hydrogens (tertiary/aromatic N) is 1. The van der Waals surface area contributed by atoms with Crippen molar-refractivity contribution < 1.29 is 24.2 Å². The van der Waals surface area contributed by atoms with Crippen molar-refractivity contribution in [1.82, 2.24) is 15.5 Å². The van der Waals surface area contributed by atoms with Crippen LogP contribution in [0.25, 0.3) is 6.08 Å². The predicted molar refractivity (Wildman–Crippen MR) is 125 cm³/mol. The Hall–Kier alpha value is -2.87. The van der Waals surface area contributed by atoms with Gasteiger partial charge in [-0.3, -0.25) is 9.59 Å². The third kappa shape index (κ3) is 9.51. The fraction of sp³-hybridized carbons (Fsp3) is 0.542. The van der Waals surface area contributed by atoms with E-state index >= 15 is 0 Å². The molecule has 32 heavy (non-hydrogen) atoms. The summed E-state index contributed by atoms with van der Waals surface area (Å²) in [6.07, 6.45) is 3.75. The van der Waals surface area contributed by atoms with Gasteiger partial charge in [-0.1, -0.05) is 50.6 Å². The summed E-state index contributed by atoms with van der Waals surface area (Å²) in [5, 5.41) is 14.9. The molecule has 8 heteroatoms. The average Bonchev–Trinajstić information content (AvgIpc) is 2.73. The first-order valence-electron chi connectivity index (χ1n) is 11.0. The van der Waals surface area contributed by atoms with Gasteiger partial charge < -0.3 is 25.4 Å². The number of nitrogens with one attached hydrogen (secondary N) is 2.